The van der Waals surface area contributed by atoms with Crippen molar-refractivity contribution in [1.29, 1.82) is 0 Å². The van der Waals surface area contributed by atoms with Crippen LogP contribution in [0.4, 0.5) is 5.69 Å². The Kier molecular flexibility index (Phi) is 3.76. The quantitative estimate of drug-likeness (QED) is 0.847. The average Bonchev–Trinajstić information content (AvgIpc) is 2.38. The lowest BCUT2D eigenvalue weighted by molar-refractivity contribution is 0.0697. The second kappa shape index (κ2) is 5.48. The third kappa shape index (κ3) is 3.07. The van der Waals surface area contributed by atoms with E-state index in [9.17, 15) is 4.79 Å². The van der Waals surface area contributed by atoms with Crippen molar-refractivity contribution < 1.29 is 9.90 Å². The number of hydrogen-bond acceptors (Lipinski definition) is 2. The lowest BCUT2D eigenvalue weighted by Crippen LogP contribution is -2.01. The van der Waals surface area contributed by atoms with E-state index in [1.54, 1.807) is 30.5 Å². The SMILES string of the molecule is Cc1ccc(N=Cc2ccccc2C(=O)O)c(C)c1. The Balaban J connectivity index is 2.35. The minimum Gasteiger partial charge on any atom is -0.478 e. The molecule has 2 aromatic rings. The molecule has 3 heteroatoms. The minimum absolute atomic E-state index is 0.260. The van der Waals surface area contributed by atoms with E-state index in [1.807, 2.05) is 26.0 Å². The minimum atomic E-state index is -0.942. The van der Waals surface area contributed by atoms with Gasteiger partial charge in [0.15, 0.2) is 0 Å². The summed E-state index contributed by atoms with van der Waals surface area (Å²) in [5.74, 6) is -0.942. The fourth-order valence-corrected chi connectivity index (χ4v) is 1.89. The second-order valence-corrected chi connectivity index (χ2v) is 4.44. The van der Waals surface area contributed by atoms with Crippen molar-refractivity contribution in [2.75, 3.05) is 0 Å². The lowest BCUT2D eigenvalue weighted by Gasteiger charge is -2.02. The maximum Gasteiger partial charge on any atom is 0.336 e. The number of carboxylic acid groups (broad SMARTS) is 1. The summed E-state index contributed by atoms with van der Waals surface area (Å²) >= 11 is 0. The fraction of sp³-hybridized carbons (Fsp3) is 0.125. The van der Waals surface area contributed by atoms with E-state index in [0.29, 0.717) is 5.56 Å². The van der Waals surface area contributed by atoms with E-state index in [-0.39, 0.29) is 5.56 Å². The van der Waals surface area contributed by atoms with E-state index in [1.165, 1.54) is 5.56 Å². The zero-order valence-corrected chi connectivity index (χ0v) is 10.9. The molecule has 0 aromatic heterocycles. The highest BCUT2D eigenvalue weighted by atomic mass is 16.4. The molecule has 0 unspecified atom stereocenters. The normalized spacial score (nSPS) is 10.8. The number of aliphatic imine (C=N–C) groups is 1. The molecule has 0 aliphatic rings. The first kappa shape index (κ1) is 13.0. The summed E-state index contributed by atoms with van der Waals surface area (Å²) in [4.78, 5) is 15.5. The molecule has 0 saturated heterocycles. The first-order valence-electron chi connectivity index (χ1n) is 6.01. The molecule has 0 saturated carbocycles. The maximum atomic E-state index is 11.1. The van der Waals surface area contributed by atoms with Crippen molar-refractivity contribution in [3.05, 3.63) is 64.7 Å². The van der Waals surface area contributed by atoms with Crippen LogP contribution in [0.5, 0.6) is 0 Å². The van der Waals surface area contributed by atoms with Gasteiger partial charge in [-0.05, 0) is 31.5 Å². The largest absolute Gasteiger partial charge is 0.478 e. The van der Waals surface area contributed by atoms with Crippen molar-refractivity contribution in [1.82, 2.24) is 0 Å². The Labute approximate surface area is 112 Å². The van der Waals surface area contributed by atoms with E-state index in [2.05, 4.69) is 11.1 Å². The lowest BCUT2D eigenvalue weighted by atomic mass is 10.1. The van der Waals surface area contributed by atoms with Gasteiger partial charge in [0.25, 0.3) is 0 Å². The van der Waals surface area contributed by atoms with Gasteiger partial charge >= 0.3 is 5.97 Å². The first-order valence-corrected chi connectivity index (χ1v) is 6.01. The maximum absolute atomic E-state index is 11.1. The number of rotatable bonds is 3. The topological polar surface area (TPSA) is 49.7 Å². The highest BCUT2D eigenvalue weighted by molar-refractivity contribution is 5.98. The molecule has 19 heavy (non-hydrogen) atoms. The van der Waals surface area contributed by atoms with Crippen LogP contribution in [0, 0.1) is 13.8 Å². The Morgan fingerprint density at radius 3 is 2.58 bits per heavy atom. The van der Waals surface area contributed by atoms with Gasteiger partial charge in [-0.25, -0.2) is 4.79 Å². The van der Waals surface area contributed by atoms with Gasteiger partial charge in [-0.3, -0.25) is 4.99 Å². The number of hydrogen-bond donors (Lipinski definition) is 1. The monoisotopic (exact) mass is 253 g/mol. The summed E-state index contributed by atoms with van der Waals surface area (Å²) in [6.07, 6.45) is 1.60. The predicted molar refractivity (Wildman–Crippen MR) is 76.6 cm³/mol. The summed E-state index contributed by atoms with van der Waals surface area (Å²) in [6.45, 7) is 4.02. The average molecular weight is 253 g/mol. The van der Waals surface area contributed by atoms with Crippen molar-refractivity contribution in [2.24, 2.45) is 4.99 Å². The summed E-state index contributed by atoms with van der Waals surface area (Å²) in [5, 5.41) is 9.09. The van der Waals surface area contributed by atoms with Crippen LogP contribution in [-0.4, -0.2) is 17.3 Å². The Morgan fingerprint density at radius 1 is 1.16 bits per heavy atom. The Morgan fingerprint density at radius 2 is 1.89 bits per heavy atom. The summed E-state index contributed by atoms with van der Waals surface area (Å²) in [6, 6.07) is 12.8. The van der Waals surface area contributed by atoms with Gasteiger partial charge < -0.3 is 5.11 Å². The van der Waals surface area contributed by atoms with Crippen LogP contribution in [0.25, 0.3) is 0 Å². The van der Waals surface area contributed by atoms with Gasteiger partial charge in [-0.2, -0.15) is 0 Å². The van der Waals surface area contributed by atoms with Crippen LogP contribution >= 0.6 is 0 Å². The molecule has 96 valence electrons. The molecule has 0 radical (unpaired) electrons. The van der Waals surface area contributed by atoms with Crippen LogP contribution in [0.1, 0.15) is 27.0 Å². The fourth-order valence-electron chi connectivity index (χ4n) is 1.89. The molecule has 3 nitrogen and oxygen atoms in total. The van der Waals surface area contributed by atoms with Gasteiger partial charge in [-0.1, -0.05) is 35.9 Å². The van der Waals surface area contributed by atoms with Gasteiger partial charge in [0, 0.05) is 11.8 Å². The molecule has 0 fully saturated rings. The Hall–Kier alpha value is -2.42. The van der Waals surface area contributed by atoms with E-state index < -0.39 is 5.97 Å². The molecule has 0 aliphatic heterocycles. The second-order valence-electron chi connectivity index (χ2n) is 4.44. The molecule has 0 bridgehead atoms. The molecule has 0 spiro atoms. The standard InChI is InChI=1S/C16H15NO2/c1-11-7-8-15(12(2)9-11)17-10-13-5-3-4-6-14(13)16(18)19/h3-10H,1-2H3,(H,18,19). The van der Waals surface area contributed by atoms with Gasteiger partial charge in [0.05, 0.1) is 11.3 Å². The number of nitrogens with zero attached hydrogens (tertiary/aromatic N) is 1. The van der Waals surface area contributed by atoms with Gasteiger partial charge in [-0.15, -0.1) is 0 Å². The highest BCUT2D eigenvalue weighted by Gasteiger charge is 2.06. The van der Waals surface area contributed by atoms with Crippen molar-refractivity contribution >= 4 is 17.9 Å². The van der Waals surface area contributed by atoms with E-state index in [0.717, 1.165) is 11.3 Å². The van der Waals surface area contributed by atoms with Gasteiger partial charge in [0.1, 0.15) is 0 Å². The number of aryl methyl sites for hydroxylation is 2. The molecule has 0 heterocycles. The third-order valence-electron chi connectivity index (χ3n) is 2.89. The zero-order chi connectivity index (χ0) is 13.8. The van der Waals surface area contributed by atoms with Crippen LogP contribution in [0.15, 0.2) is 47.5 Å². The van der Waals surface area contributed by atoms with Crippen LogP contribution in [-0.2, 0) is 0 Å². The zero-order valence-electron chi connectivity index (χ0n) is 10.9. The predicted octanol–water partition coefficient (Wildman–Crippen LogP) is 3.75. The smallest absolute Gasteiger partial charge is 0.336 e. The number of carbonyl (C=O) groups is 1. The molecule has 0 aliphatic carbocycles. The summed E-state index contributed by atoms with van der Waals surface area (Å²) in [5.41, 5.74) is 3.98. The van der Waals surface area contributed by atoms with Crippen molar-refractivity contribution in [2.45, 2.75) is 13.8 Å². The molecule has 0 atom stereocenters. The van der Waals surface area contributed by atoms with Crippen molar-refractivity contribution in [3.63, 3.8) is 0 Å². The number of benzene rings is 2. The number of carboxylic acids is 1. The van der Waals surface area contributed by atoms with E-state index >= 15 is 0 Å². The first-order chi connectivity index (χ1) is 9.08. The molecule has 2 rings (SSSR count). The molecular formula is C16H15NO2. The molecule has 2 aromatic carbocycles. The van der Waals surface area contributed by atoms with Crippen LogP contribution < -0.4 is 0 Å². The molecule has 1 N–H and O–H groups in total. The van der Waals surface area contributed by atoms with Crippen LogP contribution in [0.2, 0.25) is 0 Å². The van der Waals surface area contributed by atoms with Gasteiger partial charge in [0.2, 0.25) is 0 Å². The number of aromatic carboxylic acids is 1. The summed E-state index contributed by atoms with van der Waals surface area (Å²) < 4.78 is 0. The molecule has 0 amide bonds. The van der Waals surface area contributed by atoms with Crippen LogP contribution in [0.3, 0.4) is 0 Å². The summed E-state index contributed by atoms with van der Waals surface area (Å²) in [7, 11) is 0. The highest BCUT2D eigenvalue weighted by Crippen LogP contribution is 2.19. The van der Waals surface area contributed by atoms with Crippen molar-refractivity contribution in [3.8, 4) is 0 Å². The Bertz CT molecular complexity index is 645. The van der Waals surface area contributed by atoms with E-state index in [4.69, 9.17) is 5.11 Å². The molecular weight excluding hydrogens is 238 g/mol. The third-order valence-corrected chi connectivity index (χ3v) is 2.89.